The summed E-state index contributed by atoms with van der Waals surface area (Å²) < 4.78 is 5.35. The number of carbonyl (C=O) groups excluding carboxylic acids is 3. The van der Waals surface area contributed by atoms with Crippen LogP contribution in [0.15, 0.2) is 59.8 Å². The molecule has 0 spiro atoms. The quantitative estimate of drug-likeness (QED) is 0.486. The topological polar surface area (TPSA) is 66.9 Å². The van der Waals surface area contributed by atoms with Crippen molar-refractivity contribution in [1.29, 1.82) is 0 Å². The van der Waals surface area contributed by atoms with Gasteiger partial charge in [0.15, 0.2) is 0 Å². The molecule has 1 heterocycles. The van der Waals surface area contributed by atoms with Crippen LogP contribution in [0, 0.1) is 0 Å². The first kappa shape index (κ1) is 25.5. The van der Waals surface area contributed by atoms with Gasteiger partial charge in [0.1, 0.15) is 0 Å². The van der Waals surface area contributed by atoms with Crippen LogP contribution in [-0.2, 0) is 20.9 Å². The van der Waals surface area contributed by atoms with E-state index in [1.165, 1.54) is 0 Å². The molecule has 1 aliphatic rings. The largest absolute Gasteiger partial charge is 0.463 e. The summed E-state index contributed by atoms with van der Waals surface area (Å²) in [7, 11) is 0. The van der Waals surface area contributed by atoms with Gasteiger partial charge in [-0.3, -0.25) is 9.59 Å². The zero-order valence-electron chi connectivity index (χ0n) is 20.1. The van der Waals surface area contributed by atoms with E-state index < -0.39 is 11.9 Å². The standard InChI is InChI=1S/C27H31ClN2O4/c1-5-29(6-2)26(32)21-10-8-9-19(15-21)17-30-18(4)25(27(33)34-7-3)23(16-24(30)31)20-11-13-22(28)14-12-20/h8-15,23H,5-7,16-17H2,1-4H3. The maximum atomic E-state index is 13.2. The van der Waals surface area contributed by atoms with Crippen LogP contribution in [0.1, 0.15) is 61.5 Å². The molecule has 1 unspecified atom stereocenters. The van der Waals surface area contributed by atoms with Crippen LogP contribution in [0.4, 0.5) is 0 Å². The maximum absolute atomic E-state index is 13.2. The summed E-state index contributed by atoms with van der Waals surface area (Å²) in [6, 6.07) is 14.5. The van der Waals surface area contributed by atoms with Crippen LogP contribution in [0.2, 0.25) is 5.02 Å². The van der Waals surface area contributed by atoms with Crippen molar-refractivity contribution >= 4 is 29.4 Å². The second kappa shape index (κ2) is 11.3. The second-order valence-corrected chi connectivity index (χ2v) is 8.62. The number of ether oxygens (including phenoxy) is 1. The zero-order valence-corrected chi connectivity index (χ0v) is 20.9. The summed E-state index contributed by atoms with van der Waals surface area (Å²) in [5, 5.41) is 0.588. The summed E-state index contributed by atoms with van der Waals surface area (Å²) in [6.07, 6.45) is 0.144. The van der Waals surface area contributed by atoms with Crippen LogP contribution in [0.5, 0.6) is 0 Å². The monoisotopic (exact) mass is 482 g/mol. The number of esters is 1. The Morgan fingerprint density at radius 2 is 1.76 bits per heavy atom. The van der Waals surface area contributed by atoms with Gasteiger partial charge in [0, 0.05) is 41.7 Å². The number of hydrogen-bond acceptors (Lipinski definition) is 4. The lowest BCUT2D eigenvalue weighted by atomic mass is 9.83. The highest BCUT2D eigenvalue weighted by Gasteiger charge is 2.37. The van der Waals surface area contributed by atoms with Crippen molar-refractivity contribution in [2.75, 3.05) is 19.7 Å². The Hall–Kier alpha value is -3.12. The van der Waals surface area contributed by atoms with Gasteiger partial charge in [-0.1, -0.05) is 35.9 Å². The van der Waals surface area contributed by atoms with Gasteiger partial charge in [-0.25, -0.2) is 4.79 Å². The van der Waals surface area contributed by atoms with Crippen molar-refractivity contribution in [3.63, 3.8) is 0 Å². The normalized spacial score (nSPS) is 16.0. The third-order valence-electron chi connectivity index (χ3n) is 6.16. The molecule has 0 saturated carbocycles. The first-order valence-corrected chi connectivity index (χ1v) is 12.0. The van der Waals surface area contributed by atoms with E-state index in [4.69, 9.17) is 16.3 Å². The van der Waals surface area contributed by atoms with Crippen molar-refractivity contribution in [2.45, 2.75) is 46.6 Å². The van der Waals surface area contributed by atoms with E-state index in [0.717, 1.165) is 11.1 Å². The van der Waals surface area contributed by atoms with Crippen LogP contribution >= 0.6 is 11.6 Å². The van der Waals surface area contributed by atoms with Crippen LogP contribution in [0.3, 0.4) is 0 Å². The van der Waals surface area contributed by atoms with E-state index in [-0.39, 0.29) is 31.4 Å². The molecule has 1 aliphatic heterocycles. The van der Waals surface area contributed by atoms with E-state index in [1.54, 1.807) is 41.8 Å². The number of allylic oxidation sites excluding steroid dienone is 1. The Balaban J connectivity index is 1.96. The molecule has 2 aromatic carbocycles. The first-order valence-electron chi connectivity index (χ1n) is 11.6. The van der Waals surface area contributed by atoms with Crippen LogP contribution in [-0.4, -0.2) is 47.3 Å². The van der Waals surface area contributed by atoms with Gasteiger partial charge in [0.25, 0.3) is 5.91 Å². The molecule has 0 saturated heterocycles. The summed E-state index contributed by atoms with van der Waals surface area (Å²) >= 11 is 6.04. The summed E-state index contributed by atoms with van der Waals surface area (Å²) in [5.74, 6) is -0.969. The molecule has 0 aromatic heterocycles. The molecule has 2 amide bonds. The number of benzene rings is 2. The Bertz CT molecular complexity index is 1090. The van der Waals surface area contributed by atoms with E-state index in [1.807, 2.05) is 44.2 Å². The smallest absolute Gasteiger partial charge is 0.336 e. The minimum atomic E-state index is -0.428. The Labute approximate surface area is 206 Å². The lowest BCUT2D eigenvalue weighted by Gasteiger charge is -2.34. The summed E-state index contributed by atoms with van der Waals surface area (Å²) in [5.41, 5.74) is 3.27. The molecule has 7 heteroatoms. The summed E-state index contributed by atoms with van der Waals surface area (Å²) in [6.45, 7) is 9.18. The molecule has 2 aromatic rings. The van der Waals surface area contributed by atoms with Gasteiger partial charge in [-0.2, -0.15) is 0 Å². The molecule has 0 radical (unpaired) electrons. The van der Waals surface area contributed by atoms with Crippen LogP contribution in [0.25, 0.3) is 0 Å². The minimum Gasteiger partial charge on any atom is -0.463 e. The molecule has 0 bridgehead atoms. The Kier molecular flexibility index (Phi) is 8.51. The average molecular weight is 483 g/mol. The summed E-state index contributed by atoms with van der Waals surface area (Å²) in [4.78, 5) is 42.3. The molecule has 0 aliphatic carbocycles. The first-order chi connectivity index (χ1) is 16.3. The SMILES string of the molecule is CCOC(=O)C1=C(C)N(Cc2cccc(C(=O)N(CC)CC)c2)C(=O)CC1c1ccc(Cl)cc1. The van der Waals surface area contributed by atoms with Gasteiger partial charge >= 0.3 is 5.97 Å². The number of rotatable bonds is 8. The highest BCUT2D eigenvalue weighted by Crippen LogP contribution is 2.38. The second-order valence-electron chi connectivity index (χ2n) is 8.19. The van der Waals surface area contributed by atoms with Gasteiger partial charge in [-0.05, 0) is 63.1 Å². The van der Waals surface area contributed by atoms with E-state index >= 15 is 0 Å². The molecule has 3 rings (SSSR count). The van der Waals surface area contributed by atoms with Gasteiger partial charge in [0.2, 0.25) is 5.91 Å². The number of halogens is 1. The molecule has 0 N–H and O–H groups in total. The Morgan fingerprint density at radius 1 is 1.09 bits per heavy atom. The average Bonchev–Trinajstić information content (AvgIpc) is 2.83. The van der Waals surface area contributed by atoms with E-state index in [9.17, 15) is 14.4 Å². The minimum absolute atomic E-state index is 0.0425. The fourth-order valence-electron chi connectivity index (χ4n) is 4.34. The maximum Gasteiger partial charge on any atom is 0.336 e. The number of hydrogen-bond donors (Lipinski definition) is 0. The van der Waals surface area contributed by atoms with Gasteiger partial charge < -0.3 is 14.5 Å². The zero-order chi connectivity index (χ0) is 24.8. The van der Waals surface area contributed by atoms with Crippen molar-refractivity contribution in [2.24, 2.45) is 0 Å². The van der Waals surface area contributed by atoms with Gasteiger partial charge in [0.05, 0.1) is 18.7 Å². The third kappa shape index (κ3) is 5.50. The predicted octanol–water partition coefficient (Wildman–Crippen LogP) is 5.18. The molecule has 0 fully saturated rings. The van der Waals surface area contributed by atoms with E-state index in [2.05, 4.69) is 0 Å². The van der Waals surface area contributed by atoms with Crippen molar-refractivity contribution in [3.05, 3.63) is 81.5 Å². The van der Waals surface area contributed by atoms with Crippen molar-refractivity contribution in [1.82, 2.24) is 9.80 Å². The highest BCUT2D eigenvalue weighted by molar-refractivity contribution is 6.30. The fraction of sp³-hybridized carbons (Fsp3) is 0.370. The highest BCUT2D eigenvalue weighted by atomic mass is 35.5. The number of carbonyl (C=O) groups is 3. The third-order valence-corrected chi connectivity index (χ3v) is 6.41. The number of amides is 2. The number of nitrogens with zero attached hydrogens (tertiary/aromatic N) is 2. The van der Waals surface area contributed by atoms with Crippen molar-refractivity contribution in [3.8, 4) is 0 Å². The van der Waals surface area contributed by atoms with E-state index in [0.29, 0.717) is 34.9 Å². The molecular formula is C27H31ClN2O4. The predicted molar refractivity (Wildman–Crippen MR) is 132 cm³/mol. The molecular weight excluding hydrogens is 452 g/mol. The fourth-order valence-corrected chi connectivity index (χ4v) is 4.46. The van der Waals surface area contributed by atoms with Gasteiger partial charge in [-0.15, -0.1) is 0 Å². The van der Waals surface area contributed by atoms with Crippen LogP contribution < -0.4 is 0 Å². The molecule has 6 nitrogen and oxygen atoms in total. The molecule has 34 heavy (non-hydrogen) atoms. The lowest BCUT2D eigenvalue weighted by molar-refractivity contribution is -0.140. The van der Waals surface area contributed by atoms with Crippen molar-refractivity contribution < 1.29 is 19.1 Å². The Morgan fingerprint density at radius 3 is 2.38 bits per heavy atom. The lowest BCUT2D eigenvalue weighted by Crippen LogP contribution is -2.38. The molecule has 1 atom stereocenters. The molecule has 180 valence electrons.